The van der Waals surface area contributed by atoms with E-state index in [4.69, 9.17) is 6.42 Å². The maximum atomic E-state index is 5.25. The van der Waals surface area contributed by atoms with E-state index in [1.807, 2.05) is 27.7 Å². The van der Waals surface area contributed by atoms with Crippen molar-refractivity contribution in [2.75, 3.05) is 33.7 Å². The number of nitrogens with zero attached hydrogens (tertiary/aromatic N) is 2. The van der Waals surface area contributed by atoms with Gasteiger partial charge in [0.25, 0.3) is 0 Å². The van der Waals surface area contributed by atoms with Crippen molar-refractivity contribution in [1.82, 2.24) is 9.80 Å². The smallest absolute Gasteiger partial charge is 0.0598 e. The van der Waals surface area contributed by atoms with Gasteiger partial charge in [0.15, 0.2) is 0 Å². The number of likely N-dealkylation sites (tertiary alicyclic amines) is 1. The monoisotopic (exact) mass is 330 g/mol. The van der Waals surface area contributed by atoms with Gasteiger partial charge in [-0.1, -0.05) is 33.6 Å². The molecular weight excluding hydrogens is 297 g/mol. The van der Waals surface area contributed by atoms with Crippen LogP contribution in [0.25, 0.3) is 0 Å². The van der Waals surface area contributed by atoms with Gasteiger partial charge in [0, 0.05) is 51.8 Å². The van der Waals surface area contributed by atoms with Crippen molar-refractivity contribution in [1.29, 1.82) is 0 Å². The second-order valence-electron chi connectivity index (χ2n) is 3.68. The van der Waals surface area contributed by atoms with Crippen LogP contribution in [0.2, 0.25) is 0 Å². The second-order valence-corrected chi connectivity index (χ2v) is 3.68. The molecule has 1 saturated heterocycles. The van der Waals surface area contributed by atoms with E-state index in [-0.39, 0.29) is 40.1 Å². The second kappa shape index (κ2) is 19.9. The minimum Gasteiger partial charge on any atom is -0.358 e. The van der Waals surface area contributed by atoms with Crippen LogP contribution in [0, 0.1) is 19.8 Å². The van der Waals surface area contributed by atoms with Crippen LogP contribution in [0.3, 0.4) is 0 Å². The van der Waals surface area contributed by atoms with Gasteiger partial charge in [0.1, 0.15) is 0 Å². The molecule has 107 valence electrons. The van der Waals surface area contributed by atoms with Gasteiger partial charge in [-0.15, -0.1) is 6.42 Å². The zero-order chi connectivity index (χ0) is 13.0. The van der Waals surface area contributed by atoms with Crippen LogP contribution in [-0.2, 0) is 32.7 Å². The molecule has 0 aliphatic carbocycles. The summed E-state index contributed by atoms with van der Waals surface area (Å²) >= 11 is 0. The fraction of sp³-hybridized carbons (Fsp3) is 0.800. The number of rotatable bonds is 2. The molecule has 1 aliphatic rings. The van der Waals surface area contributed by atoms with Gasteiger partial charge in [0.05, 0.1) is 6.54 Å². The van der Waals surface area contributed by atoms with Crippen molar-refractivity contribution in [3.63, 3.8) is 0 Å². The van der Waals surface area contributed by atoms with Crippen LogP contribution < -0.4 is 0 Å². The molecule has 1 aliphatic heterocycles. The van der Waals surface area contributed by atoms with E-state index in [2.05, 4.69) is 29.8 Å². The largest absolute Gasteiger partial charge is 0.358 e. The summed E-state index contributed by atoms with van der Waals surface area (Å²) in [5, 5.41) is 0. The normalized spacial score (nSPS) is 14.8. The fourth-order valence-corrected chi connectivity index (χ4v) is 1.72. The van der Waals surface area contributed by atoms with Crippen LogP contribution in [0.1, 0.15) is 40.5 Å². The summed E-state index contributed by atoms with van der Waals surface area (Å²) in [6.07, 6.45) is 7.77. The number of hydrogen-bond donors (Lipinski definition) is 0. The summed E-state index contributed by atoms with van der Waals surface area (Å²) in [5.41, 5.74) is 0. The molecule has 0 bridgehead atoms. The molecule has 0 spiro atoms. The van der Waals surface area contributed by atoms with Gasteiger partial charge < -0.3 is 12.3 Å². The van der Waals surface area contributed by atoms with E-state index in [9.17, 15) is 0 Å². The molecule has 3 heteroatoms. The molecule has 0 N–H and O–H groups in total. The molecule has 0 aromatic carbocycles. The number of hydrogen-bond acceptors (Lipinski definition) is 2. The zero-order valence-electron chi connectivity index (χ0n) is 13.7. The van der Waals surface area contributed by atoms with Crippen molar-refractivity contribution in [2.45, 2.75) is 46.6 Å². The van der Waals surface area contributed by atoms with E-state index in [1.54, 1.807) is 0 Å². The average molecular weight is 330 g/mol. The molecule has 0 amide bonds. The molecular formula is C15H33N2Y-. The van der Waals surface area contributed by atoms with Crippen LogP contribution >= 0.6 is 0 Å². The van der Waals surface area contributed by atoms with Gasteiger partial charge in [0.2, 0.25) is 0 Å². The Kier molecular flexibility index (Phi) is 29.9. The van der Waals surface area contributed by atoms with Gasteiger partial charge >= 0.3 is 0 Å². The van der Waals surface area contributed by atoms with Gasteiger partial charge in [-0.2, -0.15) is 0 Å². The summed E-state index contributed by atoms with van der Waals surface area (Å²) in [4.78, 5) is 4.66. The van der Waals surface area contributed by atoms with E-state index < -0.39 is 0 Å². The van der Waals surface area contributed by atoms with Crippen LogP contribution in [0.5, 0.6) is 0 Å². The van der Waals surface area contributed by atoms with Crippen LogP contribution in [0.4, 0.5) is 0 Å². The SMILES string of the molecule is C#CCN1CCC(N(C)C)CC1.CC.CC.[CH3-].[Y]. The molecule has 18 heavy (non-hydrogen) atoms. The molecule has 0 aromatic rings. The van der Waals surface area contributed by atoms with Gasteiger partial charge in [-0.25, -0.2) is 0 Å². The first kappa shape index (κ1) is 27.0. The third-order valence-electron chi connectivity index (χ3n) is 2.60. The summed E-state index contributed by atoms with van der Waals surface area (Å²) in [6.45, 7) is 11.1. The van der Waals surface area contributed by atoms with Crippen molar-refractivity contribution >= 4 is 0 Å². The Labute approximate surface area is 142 Å². The topological polar surface area (TPSA) is 6.48 Å². The molecule has 1 radical (unpaired) electrons. The number of piperidine rings is 1. The first-order valence-corrected chi connectivity index (χ1v) is 6.56. The van der Waals surface area contributed by atoms with E-state index in [0.29, 0.717) is 0 Å². The quantitative estimate of drug-likeness (QED) is 0.567. The first-order chi connectivity index (χ1) is 7.74. The van der Waals surface area contributed by atoms with Crippen LogP contribution in [-0.4, -0.2) is 49.6 Å². The maximum absolute atomic E-state index is 5.25. The van der Waals surface area contributed by atoms with E-state index in [0.717, 1.165) is 25.7 Å². The van der Waals surface area contributed by atoms with Gasteiger partial charge in [-0.3, -0.25) is 4.90 Å². The predicted octanol–water partition coefficient (Wildman–Crippen LogP) is 3.15. The van der Waals surface area contributed by atoms with Crippen molar-refractivity contribution < 1.29 is 32.7 Å². The Morgan fingerprint density at radius 2 is 1.50 bits per heavy atom. The minimum absolute atomic E-state index is 0. The molecule has 1 heterocycles. The molecule has 0 atom stereocenters. The van der Waals surface area contributed by atoms with Crippen molar-refractivity contribution in [3.8, 4) is 12.3 Å². The fourth-order valence-electron chi connectivity index (χ4n) is 1.72. The van der Waals surface area contributed by atoms with E-state index in [1.165, 1.54) is 12.8 Å². The molecule has 0 aromatic heterocycles. The van der Waals surface area contributed by atoms with Crippen LogP contribution in [0.15, 0.2) is 0 Å². The third-order valence-corrected chi connectivity index (χ3v) is 2.60. The minimum atomic E-state index is 0. The van der Waals surface area contributed by atoms with E-state index >= 15 is 0 Å². The molecule has 0 saturated carbocycles. The van der Waals surface area contributed by atoms with Crippen molar-refractivity contribution in [2.24, 2.45) is 0 Å². The summed E-state index contributed by atoms with van der Waals surface area (Å²) in [7, 11) is 4.31. The molecule has 2 nitrogen and oxygen atoms in total. The maximum Gasteiger partial charge on any atom is 0.0598 e. The first-order valence-electron chi connectivity index (χ1n) is 6.56. The number of terminal acetylenes is 1. The summed E-state index contributed by atoms with van der Waals surface area (Å²) < 4.78 is 0. The summed E-state index contributed by atoms with van der Waals surface area (Å²) in [6, 6.07) is 0.763. The average Bonchev–Trinajstić information content (AvgIpc) is 2.35. The molecule has 0 unspecified atom stereocenters. The molecule has 1 rings (SSSR count). The Hall–Kier alpha value is 0.584. The summed E-state index contributed by atoms with van der Waals surface area (Å²) in [5.74, 6) is 2.69. The standard InChI is InChI=1S/C10H18N2.2C2H6.CH3.Y/c1-4-7-12-8-5-10(6-9-12)11(2)3;2*1-2;;/h1,10H,5-9H2,2-3H3;2*1-2H3;1H3;/q;;;-1;. The van der Waals surface area contributed by atoms with Gasteiger partial charge in [-0.05, 0) is 26.9 Å². The Morgan fingerprint density at radius 1 is 1.11 bits per heavy atom. The predicted molar refractivity (Wildman–Crippen MR) is 81.1 cm³/mol. The van der Waals surface area contributed by atoms with Crippen molar-refractivity contribution in [3.05, 3.63) is 7.43 Å². The molecule has 1 fully saturated rings. The Bertz CT molecular complexity index is 168. The zero-order valence-corrected chi connectivity index (χ0v) is 16.5. The Morgan fingerprint density at radius 3 is 1.78 bits per heavy atom. The Balaban J connectivity index is -0.000000149. The third kappa shape index (κ3) is 13.0.